The molecule has 0 radical (unpaired) electrons. The Morgan fingerprint density at radius 3 is 2.93 bits per heavy atom. The van der Waals surface area contributed by atoms with Crippen molar-refractivity contribution >= 4 is 5.97 Å². The second-order valence-corrected chi connectivity index (χ2v) is 3.11. The van der Waals surface area contributed by atoms with E-state index in [1.807, 2.05) is 0 Å². The first-order valence-electron chi connectivity index (χ1n) is 4.75. The molecule has 0 aromatic carbocycles. The number of rotatable bonds is 5. The predicted octanol–water partition coefficient (Wildman–Crippen LogP) is 1.45. The van der Waals surface area contributed by atoms with Gasteiger partial charge in [0.15, 0.2) is 0 Å². The first-order valence-corrected chi connectivity index (χ1v) is 4.75. The summed E-state index contributed by atoms with van der Waals surface area (Å²) in [5.74, 6) is 0.0102. The van der Waals surface area contributed by atoms with Gasteiger partial charge >= 0.3 is 5.97 Å². The van der Waals surface area contributed by atoms with Crippen LogP contribution in [0.1, 0.15) is 31.3 Å². The van der Waals surface area contributed by atoms with Gasteiger partial charge in [-0.15, -0.1) is 0 Å². The van der Waals surface area contributed by atoms with Crippen LogP contribution in [-0.2, 0) is 17.6 Å². The van der Waals surface area contributed by atoms with Gasteiger partial charge in [-0.2, -0.15) is 0 Å². The van der Waals surface area contributed by atoms with Crippen molar-refractivity contribution in [1.29, 1.82) is 0 Å². The van der Waals surface area contributed by atoms with Gasteiger partial charge in [0.2, 0.25) is 0 Å². The molecule has 0 amide bonds. The number of aliphatic carboxylic acids is 1. The van der Waals surface area contributed by atoms with E-state index in [2.05, 4.69) is 16.9 Å². The Kier molecular flexibility index (Phi) is 4.04. The molecule has 4 heteroatoms. The van der Waals surface area contributed by atoms with Gasteiger partial charge in [0.1, 0.15) is 5.82 Å². The number of aromatic nitrogens is 2. The third-order valence-corrected chi connectivity index (χ3v) is 1.83. The van der Waals surface area contributed by atoms with Crippen LogP contribution >= 0.6 is 0 Å². The van der Waals surface area contributed by atoms with E-state index in [1.165, 1.54) is 0 Å². The second-order valence-electron chi connectivity index (χ2n) is 3.11. The molecule has 76 valence electrons. The summed E-state index contributed by atoms with van der Waals surface area (Å²) >= 11 is 0. The zero-order chi connectivity index (χ0) is 10.4. The summed E-state index contributed by atoms with van der Waals surface area (Å²) in [6.07, 6.45) is 4.15. The minimum absolute atomic E-state index is 0.128. The van der Waals surface area contributed by atoms with Crippen LogP contribution in [0.25, 0.3) is 0 Å². The first-order chi connectivity index (χ1) is 6.72. The highest BCUT2D eigenvalue weighted by Gasteiger charge is 2.01. The van der Waals surface area contributed by atoms with Crippen molar-refractivity contribution in [1.82, 2.24) is 9.97 Å². The van der Waals surface area contributed by atoms with Crippen molar-refractivity contribution in [3.63, 3.8) is 0 Å². The van der Waals surface area contributed by atoms with E-state index < -0.39 is 5.97 Å². The lowest BCUT2D eigenvalue weighted by Gasteiger charge is -2.00. The van der Waals surface area contributed by atoms with Crippen molar-refractivity contribution < 1.29 is 9.90 Å². The molecule has 0 atom stereocenters. The number of nitrogens with zero attached hydrogens (tertiary/aromatic N) is 2. The maximum atomic E-state index is 10.3. The fourth-order valence-corrected chi connectivity index (χ4v) is 1.16. The molecule has 0 aliphatic carbocycles. The standard InChI is InChI=1S/C10H14N2O2/c1-2-3-9-11-7-6-8(12-9)4-5-10(13)14/h6-7H,2-5H2,1H3,(H,13,14). The van der Waals surface area contributed by atoms with Crippen molar-refractivity contribution in [3.8, 4) is 0 Å². The summed E-state index contributed by atoms with van der Waals surface area (Å²) in [5, 5.41) is 8.50. The fraction of sp³-hybridized carbons (Fsp3) is 0.500. The molecular weight excluding hydrogens is 180 g/mol. The monoisotopic (exact) mass is 194 g/mol. The van der Waals surface area contributed by atoms with Crippen molar-refractivity contribution in [3.05, 3.63) is 23.8 Å². The van der Waals surface area contributed by atoms with Crippen molar-refractivity contribution in [2.75, 3.05) is 0 Å². The number of aryl methyl sites for hydroxylation is 2. The maximum absolute atomic E-state index is 10.3. The maximum Gasteiger partial charge on any atom is 0.303 e. The van der Waals surface area contributed by atoms with E-state index in [9.17, 15) is 4.79 Å². The summed E-state index contributed by atoms with van der Waals surface area (Å²) in [7, 11) is 0. The molecule has 1 heterocycles. The number of hydrogen-bond acceptors (Lipinski definition) is 3. The molecule has 0 aliphatic rings. The molecular formula is C10H14N2O2. The SMILES string of the molecule is CCCc1nccc(CCC(=O)O)n1. The highest BCUT2D eigenvalue weighted by Crippen LogP contribution is 2.01. The number of carboxylic acid groups (broad SMARTS) is 1. The normalized spacial score (nSPS) is 10.1. The van der Waals surface area contributed by atoms with Gasteiger partial charge in [-0.05, 0) is 12.5 Å². The van der Waals surface area contributed by atoms with E-state index in [0.717, 1.165) is 24.4 Å². The molecule has 0 spiro atoms. The highest BCUT2D eigenvalue weighted by molar-refractivity contribution is 5.66. The summed E-state index contributed by atoms with van der Waals surface area (Å²) in [6, 6.07) is 1.77. The molecule has 0 bridgehead atoms. The third kappa shape index (κ3) is 3.51. The fourth-order valence-electron chi connectivity index (χ4n) is 1.16. The molecule has 0 fully saturated rings. The number of carboxylic acids is 1. The molecule has 14 heavy (non-hydrogen) atoms. The van der Waals surface area contributed by atoms with Gasteiger partial charge in [-0.1, -0.05) is 6.92 Å². The van der Waals surface area contributed by atoms with Gasteiger partial charge in [0, 0.05) is 24.7 Å². The topological polar surface area (TPSA) is 63.1 Å². The molecule has 1 aromatic heterocycles. The van der Waals surface area contributed by atoms with Gasteiger partial charge in [-0.25, -0.2) is 9.97 Å². The molecule has 4 nitrogen and oxygen atoms in total. The van der Waals surface area contributed by atoms with Crippen LogP contribution in [0.3, 0.4) is 0 Å². The van der Waals surface area contributed by atoms with Crippen LogP contribution in [0.2, 0.25) is 0 Å². The van der Waals surface area contributed by atoms with Crippen LogP contribution in [0.5, 0.6) is 0 Å². The van der Waals surface area contributed by atoms with Gasteiger partial charge < -0.3 is 5.11 Å². The van der Waals surface area contributed by atoms with Gasteiger partial charge in [-0.3, -0.25) is 4.79 Å². The molecule has 1 N–H and O–H groups in total. The summed E-state index contributed by atoms with van der Waals surface area (Å²) in [4.78, 5) is 18.7. The van der Waals surface area contributed by atoms with Crippen LogP contribution in [0.4, 0.5) is 0 Å². The lowest BCUT2D eigenvalue weighted by molar-refractivity contribution is -0.136. The van der Waals surface area contributed by atoms with Crippen LogP contribution < -0.4 is 0 Å². The number of carbonyl (C=O) groups is 1. The smallest absolute Gasteiger partial charge is 0.303 e. The predicted molar refractivity (Wildman–Crippen MR) is 52.0 cm³/mol. The Bertz CT molecular complexity index is 313. The van der Waals surface area contributed by atoms with E-state index in [1.54, 1.807) is 12.3 Å². The van der Waals surface area contributed by atoms with Gasteiger partial charge in [0.25, 0.3) is 0 Å². The molecule has 1 rings (SSSR count). The van der Waals surface area contributed by atoms with Crippen molar-refractivity contribution in [2.24, 2.45) is 0 Å². The molecule has 0 saturated carbocycles. The minimum atomic E-state index is -0.791. The minimum Gasteiger partial charge on any atom is -0.481 e. The van der Waals surface area contributed by atoms with E-state index in [-0.39, 0.29) is 6.42 Å². The Labute approximate surface area is 83.0 Å². The molecule has 0 saturated heterocycles. The van der Waals surface area contributed by atoms with E-state index >= 15 is 0 Å². The Balaban J connectivity index is 2.58. The average molecular weight is 194 g/mol. The summed E-state index contributed by atoms with van der Waals surface area (Å²) in [6.45, 7) is 2.06. The number of hydrogen-bond donors (Lipinski definition) is 1. The highest BCUT2D eigenvalue weighted by atomic mass is 16.4. The zero-order valence-corrected chi connectivity index (χ0v) is 8.23. The zero-order valence-electron chi connectivity index (χ0n) is 8.23. The third-order valence-electron chi connectivity index (χ3n) is 1.83. The summed E-state index contributed by atoms with van der Waals surface area (Å²) < 4.78 is 0. The quantitative estimate of drug-likeness (QED) is 0.770. The average Bonchev–Trinajstić information content (AvgIpc) is 2.16. The van der Waals surface area contributed by atoms with E-state index in [0.29, 0.717) is 6.42 Å². The Morgan fingerprint density at radius 1 is 1.50 bits per heavy atom. The van der Waals surface area contributed by atoms with Crippen LogP contribution in [0.15, 0.2) is 12.3 Å². The van der Waals surface area contributed by atoms with E-state index in [4.69, 9.17) is 5.11 Å². The lowest BCUT2D eigenvalue weighted by atomic mass is 10.2. The van der Waals surface area contributed by atoms with Crippen LogP contribution in [0, 0.1) is 0 Å². The molecule has 1 aromatic rings. The Hall–Kier alpha value is -1.45. The van der Waals surface area contributed by atoms with Gasteiger partial charge in [0.05, 0.1) is 6.42 Å². The summed E-state index contributed by atoms with van der Waals surface area (Å²) in [5.41, 5.74) is 0.811. The largest absolute Gasteiger partial charge is 0.481 e. The lowest BCUT2D eigenvalue weighted by Crippen LogP contribution is -2.02. The molecule has 0 unspecified atom stereocenters. The first kappa shape index (κ1) is 10.6. The molecule has 0 aliphatic heterocycles. The van der Waals surface area contributed by atoms with Crippen LogP contribution in [-0.4, -0.2) is 21.0 Å². The Morgan fingerprint density at radius 2 is 2.29 bits per heavy atom. The van der Waals surface area contributed by atoms with Crippen molar-refractivity contribution in [2.45, 2.75) is 32.6 Å². The second kappa shape index (κ2) is 5.32.